The maximum absolute atomic E-state index is 14.3. The minimum atomic E-state index is -1.74. The first-order chi connectivity index (χ1) is 18.5. The van der Waals surface area contributed by atoms with E-state index in [1.54, 1.807) is 59.6 Å². The number of nitrogens with zero attached hydrogens (tertiary/aromatic N) is 2. The molecule has 0 N–H and O–H groups in total. The molecule has 0 spiro atoms. The lowest BCUT2D eigenvalue weighted by Crippen LogP contribution is -2.68. The Hall–Kier alpha value is -4.59. The number of methoxy groups -OCH3 is 3. The molecule has 38 heavy (non-hydrogen) atoms. The van der Waals surface area contributed by atoms with Crippen LogP contribution < -0.4 is 9.75 Å². The minimum Gasteiger partial charge on any atom is -0.497 e. The molecule has 1 fully saturated rings. The van der Waals surface area contributed by atoms with Gasteiger partial charge in [0.25, 0.3) is 5.91 Å². The molecule has 0 bridgehead atoms. The van der Waals surface area contributed by atoms with E-state index in [-0.39, 0.29) is 12.3 Å². The third kappa shape index (κ3) is 3.89. The number of rotatable bonds is 5. The van der Waals surface area contributed by atoms with E-state index in [2.05, 4.69) is 0 Å². The van der Waals surface area contributed by atoms with Crippen LogP contribution in [-0.2, 0) is 19.1 Å². The number of hydrogen-bond donors (Lipinski definition) is 0. The van der Waals surface area contributed by atoms with Gasteiger partial charge < -0.3 is 14.2 Å². The van der Waals surface area contributed by atoms with Crippen LogP contribution in [0.15, 0.2) is 84.9 Å². The molecule has 0 unspecified atom stereocenters. The summed E-state index contributed by atoms with van der Waals surface area (Å²) in [5.41, 5.74) is 0.970. The van der Waals surface area contributed by atoms with Gasteiger partial charge in [-0.15, -0.1) is 0 Å². The van der Waals surface area contributed by atoms with E-state index >= 15 is 0 Å². The Morgan fingerprint density at radius 1 is 0.816 bits per heavy atom. The summed E-state index contributed by atoms with van der Waals surface area (Å²) < 4.78 is 15.8. The number of fused-ring (bicyclic) bond motifs is 3. The lowest BCUT2D eigenvalue weighted by atomic mass is 9.70. The van der Waals surface area contributed by atoms with Gasteiger partial charge in [-0.2, -0.15) is 0 Å². The number of anilines is 1. The monoisotopic (exact) mass is 512 g/mol. The number of esters is 2. The Kier molecular flexibility index (Phi) is 6.63. The van der Waals surface area contributed by atoms with Crippen LogP contribution in [0.1, 0.15) is 33.9 Å². The van der Waals surface area contributed by atoms with E-state index in [0.717, 1.165) is 11.1 Å². The first-order valence-electron chi connectivity index (χ1n) is 12.2. The second-order valence-corrected chi connectivity index (χ2v) is 9.17. The number of ether oxygens (including phenoxy) is 3. The van der Waals surface area contributed by atoms with Crippen molar-refractivity contribution in [2.24, 2.45) is 5.41 Å². The Balaban J connectivity index is 1.79. The summed E-state index contributed by atoms with van der Waals surface area (Å²) in [7, 11) is 4.07. The molecule has 194 valence electrons. The number of benzene rings is 3. The van der Waals surface area contributed by atoms with Gasteiger partial charge in [0.2, 0.25) is 0 Å². The highest BCUT2D eigenvalue weighted by atomic mass is 16.5. The third-order valence-electron chi connectivity index (χ3n) is 7.28. The molecule has 0 aliphatic carbocycles. The third-order valence-corrected chi connectivity index (χ3v) is 7.28. The van der Waals surface area contributed by atoms with Crippen molar-refractivity contribution < 1.29 is 28.6 Å². The molecule has 1 saturated heterocycles. The van der Waals surface area contributed by atoms with Crippen LogP contribution in [0.2, 0.25) is 0 Å². The van der Waals surface area contributed by atoms with Gasteiger partial charge in [0.15, 0.2) is 5.41 Å². The molecule has 1 amide bonds. The van der Waals surface area contributed by atoms with E-state index in [0.29, 0.717) is 17.0 Å². The molecule has 5 rings (SSSR count). The lowest BCUT2D eigenvalue weighted by Gasteiger charge is -2.56. The maximum atomic E-state index is 14.3. The molecule has 0 aromatic heterocycles. The number of hydrogen-bond acceptors (Lipinski definition) is 7. The van der Waals surface area contributed by atoms with Crippen molar-refractivity contribution in [3.05, 3.63) is 102 Å². The summed E-state index contributed by atoms with van der Waals surface area (Å²) in [6.45, 7) is 0. The van der Waals surface area contributed by atoms with Gasteiger partial charge in [-0.05, 0) is 41.5 Å². The molecule has 0 radical (unpaired) electrons. The van der Waals surface area contributed by atoms with Gasteiger partial charge in [-0.1, -0.05) is 60.7 Å². The van der Waals surface area contributed by atoms with Crippen molar-refractivity contribution in [1.82, 2.24) is 5.01 Å². The van der Waals surface area contributed by atoms with Crippen LogP contribution in [0.4, 0.5) is 5.69 Å². The van der Waals surface area contributed by atoms with Gasteiger partial charge in [0.05, 0.1) is 39.1 Å². The zero-order chi connectivity index (χ0) is 26.9. The largest absolute Gasteiger partial charge is 0.497 e. The second kappa shape index (κ2) is 10.0. The summed E-state index contributed by atoms with van der Waals surface area (Å²) in [6.07, 6.45) is 3.58. The van der Waals surface area contributed by atoms with Crippen molar-refractivity contribution in [3.8, 4) is 5.75 Å². The van der Waals surface area contributed by atoms with Gasteiger partial charge in [0.1, 0.15) is 5.75 Å². The zero-order valence-electron chi connectivity index (χ0n) is 21.4. The van der Waals surface area contributed by atoms with E-state index < -0.39 is 29.4 Å². The van der Waals surface area contributed by atoms with E-state index in [9.17, 15) is 14.4 Å². The van der Waals surface area contributed by atoms with Crippen LogP contribution in [-0.4, -0.2) is 50.2 Å². The molecular formula is C30H28N2O6. The molecule has 2 aliphatic heterocycles. The lowest BCUT2D eigenvalue weighted by molar-refractivity contribution is -0.175. The standard InChI is InChI=1S/C30H28N2O6/c1-36-23-16-13-21(14-17-23)25-19-30(28(34)37-2,29(35)38-3)26-18-15-20-9-7-8-12-24(20)31(26)32(25)27(33)22-10-5-4-6-11-22/h4-18,25-26H,19H2,1-3H3/t25-,26+/m1/s1. The number of hydrazine groups is 1. The van der Waals surface area contributed by atoms with Gasteiger partial charge in [-0.3, -0.25) is 19.4 Å². The Morgan fingerprint density at radius 2 is 1.45 bits per heavy atom. The highest BCUT2D eigenvalue weighted by Crippen LogP contribution is 2.51. The van der Waals surface area contributed by atoms with Crippen molar-refractivity contribution in [2.45, 2.75) is 18.5 Å². The van der Waals surface area contributed by atoms with Crippen molar-refractivity contribution in [1.29, 1.82) is 0 Å². The first kappa shape index (κ1) is 25.1. The fraction of sp³-hybridized carbons (Fsp3) is 0.233. The van der Waals surface area contributed by atoms with Gasteiger partial charge >= 0.3 is 11.9 Å². The first-order valence-corrected chi connectivity index (χ1v) is 12.2. The average Bonchev–Trinajstić information content (AvgIpc) is 2.99. The Labute approximate surface area is 221 Å². The topological polar surface area (TPSA) is 85.4 Å². The number of para-hydroxylation sites is 1. The predicted molar refractivity (Wildman–Crippen MR) is 141 cm³/mol. The van der Waals surface area contributed by atoms with Crippen LogP contribution in [0.5, 0.6) is 5.75 Å². The number of carbonyl (C=O) groups is 3. The summed E-state index contributed by atoms with van der Waals surface area (Å²) in [4.78, 5) is 41.4. The molecule has 0 saturated carbocycles. The predicted octanol–water partition coefficient (Wildman–Crippen LogP) is 4.43. The van der Waals surface area contributed by atoms with Crippen molar-refractivity contribution in [3.63, 3.8) is 0 Å². The zero-order valence-corrected chi connectivity index (χ0v) is 21.4. The molecule has 3 aromatic rings. The van der Waals surface area contributed by atoms with Crippen molar-refractivity contribution in [2.75, 3.05) is 26.3 Å². The van der Waals surface area contributed by atoms with E-state index in [1.165, 1.54) is 14.2 Å². The van der Waals surface area contributed by atoms with Crippen LogP contribution in [0.25, 0.3) is 6.08 Å². The minimum absolute atomic E-state index is 0.0507. The molecule has 2 atom stereocenters. The molecule has 3 aromatic carbocycles. The SMILES string of the molecule is COC(=O)C1(C(=O)OC)C[C@H](c2ccc(OC)cc2)N(C(=O)c2ccccc2)N2c3ccccc3C=C[C@H]21. The second-order valence-electron chi connectivity index (χ2n) is 9.17. The molecule has 2 heterocycles. The normalized spacial score (nSPS) is 19.1. The molecule has 8 nitrogen and oxygen atoms in total. The summed E-state index contributed by atoms with van der Waals surface area (Å²) >= 11 is 0. The van der Waals surface area contributed by atoms with Crippen LogP contribution >= 0.6 is 0 Å². The smallest absolute Gasteiger partial charge is 0.325 e. The number of carbonyl (C=O) groups excluding carboxylic acids is 3. The van der Waals surface area contributed by atoms with Crippen LogP contribution in [0, 0.1) is 5.41 Å². The van der Waals surface area contributed by atoms with Gasteiger partial charge in [-0.25, -0.2) is 5.01 Å². The highest BCUT2D eigenvalue weighted by Gasteiger charge is 2.63. The quantitative estimate of drug-likeness (QED) is 0.369. The molecule has 2 aliphatic rings. The molecule has 8 heteroatoms. The highest BCUT2D eigenvalue weighted by molar-refractivity contribution is 6.04. The van der Waals surface area contributed by atoms with Gasteiger partial charge in [0, 0.05) is 12.0 Å². The summed E-state index contributed by atoms with van der Waals surface area (Å²) in [5.74, 6) is -1.09. The van der Waals surface area contributed by atoms with Crippen LogP contribution in [0.3, 0.4) is 0 Å². The summed E-state index contributed by atoms with van der Waals surface area (Å²) in [5, 5.41) is 3.39. The fourth-order valence-electron chi connectivity index (χ4n) is 5.44. The maximum Gasteiger partial charge on any atom is 0.325 e. The van der Waals surface area contributed by atoms with E-state index in [1.807, 2.05) is 48.5 Å². The Morgan fingerprint density at radius 3 is 2.08 bits per heavy atom. The fourth-order valence-corrected chi connectivity index (χ4v) is 5.44. The summed E-state index contributed by atoms with van der Waals surface area (Å²) in [6, 6.07) is 22.1. The number of amides is 1. The molecular weight excluding hydrogens is 484 g/mol. The van der Waals surface area contributed by atoms with Crippen molar-refractivity contribution >= 4 is 29.6 Å². The van der Waals surface area contributed by atoms with E-state index in [4.69, 9.17) is 14.2 Å². The average molecular weight is 513 g/mol. The Bertz CT molecular complexity index is 1370.